The van der Waals surface area contributed by atoms with Crippen LogP contribution in [0.1, 0.15) is 19.8 Å². The molecule has 1 aromatic heterocycles. The predicted molar refractivity (Wildman–Crippen MR) is 87.0 cm³/mol. The summed E-state index contributed by atoms with van der Waals surface area (Å²) in [4.78, 5) is 16.3. The van der Waals surface area contributed by atoms with Gasteiger partial charge in [-0.25, -0.2) is 9.67 Å². The third-order valence-corrected chi connectivity index (χ3v) is 4.70. The maximum Gasteiger partial charge on any atom is 0.231 e. The first-order chi connectivity index (χ1) is 11.1. The second kappa shape index (κ2) is 6.42. The molecular weight excluding hydrogens is 310 g/mol. The number of amides is 1. The first kappa shape index (κ1) is 15.6. The Kier molecular flexibility index (Phi) is 4.35. The quantitative estimate of drug-likeness (QED) is 0.822. The average Bonchev–Trinajstić information content (AvgIpc) is 3.33. The molecule has 1 amide bonds. The molecule has 1 fully saturated rings. The number of nitrogens with zero attached hydrogens (tertiary/aromatic N) is 4. The van der Waals surface area contributed by atoms with Crippen molar-refractivity contribution in [3.8, 4) is 11.8 Å². The number of hydrogen-bond donors (Lipinski definition) is 1. The molecule has 6 nitrogen and oxygen atoms in total. The lowest BCUT2D eigenvalue weighted by Gasteiger charge is -2.22. The second-order valence-corrected chi connectivity index (χ2v) is 6.68. The normalized spacial score (nSPS) is 16.3. The Labute approximate surface area is 138 Å². The molecular formula is C16H17N5OS. The van der Waals surface area contributed by atoms with E-state index in [1.807, 2.05) is 30.3 Å². The van der Waals surface area contributed by atoms with Crippen molar-refractivity contribution in [1.82, 2.24) is 20.1 Å². The van der Waals surface area contributed by atoms with Gasteiger partial charge in [0.1, 0.15) is 11.9 Å². The van der Waals surface area contributed by atoms with Gasteiger partial charge < -0.3 is 5.32 Å². The van der Waals surface area contributed by atoms with Crippen molar-refractivity contribution in [2.45, 2.75) is 30.5 Å². The molecule has 0 radical (unpaired) electrons. The predicted octanol–water partition coefficient (Wildman–Crippen LogP) is 2.17. The van der Waals surface area contributed by atoms with Gasteiger partial charge in [-0.2, -0.15) is 5.26 Å². The van der Waals surface area contributed by atoms with Crippen LogP contribution in [0.4, 0.5) is 0 Å². The molecule has 7 heteroatoms. The van der Waals surface area contributed by atoms with Crippen LogP contribution in [-0.4, -0.2) is 32.0 Å². The lowest BCUT2D eigenvalue weighted by Crippen LogP contribution is -2.47. The molecule has 1 aliphatic rings. The summed E-state index contributed by atoms with van der Waals surface area (Å²) in [5.74, 6) is 0.307. The van der Waals surface area contributed by atoms with Gasteiger partial charge in [-0.1, -0.05) is 30.0 Å². The van der Waals surface area contributed by atoms with Crippen LogP contribution in [0.3, 0.4) is 0 Å². The third-order valence-electron chi connectivity index (χ3n) is 3.85. The summed E-state index contributed by atoms with van der Waals surface area (Å²) in [5.41, 5.74) is 0.163. The molecule has 1 atom stereocenters. The molecule has 1 aliphatic carbocycles. The molecule has 0 saturated heterocycles. The van der Waals surface area contributed by atoms with E-state index in [1.165, 1.54) is 11.8 Å². The highest BCUT2D eigenvalue weighted by atomic mass is 32.2. The van der Waals surface area contributed by atoms with Gasteiger partial charge in [-0.15, -0.1) is 5.10 Å². The second-order valence-electron chi connectivity index (χ2n) is 5.73. The Morgan fingerprint density at radius 3 is 2.87 bits per heavy atom. The number of carbonyl (C=O) groups is 1. The Balaban J connectivity index is 1.56. The van der Waals surface area contributed by atoms with E-state index >= 15 is 0 Å². The zero-order chi connectivity index (χ0) is 16.3. The molecule has 0 aliphatic heterocycles. The highest BCUT2D eigenvalue weighted by Crippen LogP contribution is 2.39. The standard InChI is InChI=1S/C16H17N5OS/c1-16(10-17,12-7-8-12)19-14(22)9-23-15-18-11-21(20-15)13-5-3-2-4-6-13/h2-6,11-12H,7-9H2,1H3,(H,19,22). The fourth-order valence-electron chi connectivity index (χ4n) is 2.36. The number of nitrogens with one attached hydrogen (secondary N) is 1. The smallest absolute Gasteiger partial charge is 0.231 e. The minimum Gasteiger partial charge on any atom is -0.337 e. The molecule has 1 heterocycles. The number of carbonyl (C=O) groups excluding carboxylic acids is 1. The van der Waals surface area contributed by atoms with E-state index < -0.39 is 5.54 Å². The number of benzene rings is 1. The van der Waals surface area contributed by atoms with Crippen LogP contribution in [0, 0.1) is 17.2 Å². The van der Waals surface area contributed by atoms with Crippen LogP contribution in [-0.2, 0) is 4.79 Å². The van der Waals surface area contributed by atoms with Crippen LogP contribution >= 0.6 is 11.8 Å². The van der Waals surface area contributed by atoms with Crippen molar-refractivity contribution in [1.29, 1.82) is 5.26 Å². The van der Waals surface area contributed by atoms with E-state index in [2.05, 4.69) is 21.5 Å². The summed E-state index contributed by atoms with van der Waals surface area (Å²) in [6, 6.07) is 11.9. The first-order valence-electron chi connectivity index (χ1n) is 7.43. The lowest BCUT2D eigenvalue weighted by atomic mass is 9.98. The van der Waals surface area contributed by atoms with Crippen molar-refractivity contribution in [3.05, 3.63) is 36.7 Å². The summed E-state index contributed by atoms with van der Waals surface area (Å²) < 4.78 is 1.67. The molecule has 118 valence electrons. The van der Waals surface area contributed by atoms with Crippen molar-refractivity contribution < 1.29 is 4.79 Å². The number of aromatic nitrogens is 3. The molecule has 1 unspecified atom stereocenters. The van der Waals surface area contributed by atoms with E-state index in [4.69, 9.17) is 0 Å². The van der Waals surface area contributed by atoms with Gasteiger partial charge in [0.2, 0.25) is 11.1 Å². The number of rotatable bonds is 6. The van der Waals surface area contributed by atoms with E-state index in [1.54, 1.807) is 17.9 Å². The summed E-state index contributed by atoms with van der Waals surface area (Å²) in [6.07, 6.45) is 3.63. The van der Waals surface area contributed by atoms with Gasteiger partial charge in [0.15, 0.2) is 0 Å². The lowest BCUT2D eigenvalue weighted by molar-refractivity contribution is -0.119. The van der Waals surface area contributed by atoms with Crippen LogP contribution in [0.2, 0.25) is 0 Å². The minimum absolute atomic E-state index is 0.165. The zero-order valence-electron chi connectivity index (χ0n) is 12.8. The highest BCUT2D eigenvalue weighted by molar-refractivity contribution is 7.99. The van der Waals surface area contributed by atoms with Gasteiger partial charge in [0.05, 0.1) is 17.5 Å². The van der Waals surface area contributed by atoms with Gasteiger partial charge in [-0.3, -0.25) is 4.79 Å². The number of nitriles is 1. The van der Waals surface area contributed by atoms with Crippen molar-refractivity contribution in [2.24, 2.45) is 5.92 Å². The number of hydrogen-bond acceptors (Lipinski definition) is 5. The van der Waals surface area contributed by atoms with E-state index in [0.29, 0.717) is 5.16 Å². The number of thioether (sulfide) groups is 1. The molecule has 3 rings (SSSR count). The molecule has 1 saturated carbocycles. The highest BCUT2D eigenvalue weighted by Gasteiger charge is 2.42. The van der Waals surface area contributed by atoms with Crippen LogP contribution in [0.15, 0.2) is 41.8 Å². The Morgan fingerprint density at radius 2 is 2.22 bits per heavy atom. The summed E-state index contributed by atoms with van der Waals surface area (Å²) in [6.45, 7) is 1.79. The molecule has 1 aromatic carbocycles. The SMILES string of the molecule is CC(C#N)(NC(=O)CSc1ncn(-c2ccccc2)n1)C1CC1. The first-order valence-corrected chi connectivity index (χ1v) is 8.41. The van der Waals surface area contributed by atoms with Crippen molar-refractivity contribution in [2.75, 3.05) is 5.75 Å². The maximum atomic E-state index is 12.1. The van der Waals surface area contributed by atoms with Crippen molar-refractivity contribution in [3.63, 3.8) is 0 Å². The van der Waals surface area contributed by atoms with Gasteiger partial charge >= 0.3 is 0 Å². The Hall–Kier alpha value is -2.33. The van der Waals surface area contributed by atoms with E-state index in [0.717, 1.165) is 18.5 Å². The van der Waals surface area contributed by atoms with Gasteiger partial charge in [0.25, 0.3) is 0 Å². The van der Waals surface area contributed by atoms with E-state index in [9.17, 15) is 10.1 Å². The summed E-state index contributed by atoms with van der Waals surface area (Å²) in [7, 11) is 0. The Bertz CT molecular complexity index is 734. The minimum atomic E-state index is -0.755. The monoisotopic (exact) mass is 327 g/mol. The topological polar surface area (TPSA) is 83.6 Å². The summed E-state index contributed by atoms with van der Waals surface area (Å²) >= 11 is 1.26. The fraction of sp³-hybridized carbons (Fsp3) is 0.375. The van der Waals surface area contributed by atoms with Gasteiger partial charge in [-0.05, 0) is 37.8 Å². The van der Waals surface area contributed by atoms with E-state index in [-0.39, 0.29) is 17.6 Å². The van der Waals surface area contributed by atoms with Crippen LogP contribution in [0.25, 0.3) is 5.69 Å². The number of para-hydroxylation sites is 1. The zero-order valence-corrected chi connectivity index (χ0v) is 13.6. The maximum absolute atomic E-state index is 12.1. The molecule has 0 bridgehead atoms. The van der Waals surface area contributed by atoms with Crippen LogP contribution in [0.5, 0.6) is 0 Å². The molecule has 1 N–H and O–H groups in total. The average molecular weight is 327 g/mol. The molecule has 0 spiro atoms. The summed E-state index contributed by atoms with van der Waals surface area (Å²) in [5, 5.41) is 17.0. The molecule has 23 heavy (non-hydrogen) atoms. The van der Waals surface area contributed by atoms with Gasteiger partial charge in [0, 0.05) is 0 Å². The van der Waals surface area contributed by atoms with Crippen molar-refractivity contribution >= 4 is 17.7 Å². The third kappa shape index (κ3) is 3.71. The largest absolute Gasteiger partial charge is 0.337 e. The van der Waals surface area contributed by atoms with Crippen LogP contribution < -0.4 is 5.32 Å². The molecule has 2 aromatic rings. The Morgan fingerprint density at radius 1 is 1.48 bits per heavy atom. The fourth-order valence-corrected chi connectivity index (χ4v) is 2.96.